The topological polar surface area (TPSA) is 70.5 Å². The van der Waals surface area contributed by atoms with E-state index < -0.39 is 11.5 Å². The molecule has 0 unspecified atom stereocenters. The van der Waals surface area contributed by atoms with Crippen LogP contribution in [-0.2, 0) is 16.8 Å². The molecule has 0 aliphatic carbocycles. The van der Waals surface area contributed by atoms with Crippen molar-refractivity contribution in [1.82, 2.24) is 4.98 Å². The molecule has 0 bridgehead atoms. The predicted octanol–water partition coefficient (Wildman–Crippen LogP) is 3.52. The van der Waals surface area contributed by atoms with Gasteiger partial charge in [-0.1, -0.05) is 54.6 Å². The maximum Gasteiger partial charge on any atom is 0.264 e. The number of hydrogen-bond donors (Lipinski definition) is 1. The van der Waals surface area contributed by atoms with Gasteiger partial charge in [-0.05, 0) is 36.6 Å². The Morgan fingerprint density at radius 2 is 1.69 bits per heavy atom. The predicted molar refractivity (Wildman–Crippen MR) is 111 cm³/mol. The zero-order valence-electron chi connectivity index (χ0n) is 16.0. The highest BCUT2D eigenvalue weighted by Crippen LogP contribution is 2.42. The number of Topliss-reactive ketones (excluding diaryl/α,β-unsaturated/α-hetero) is 1. The van der Waals surface area contributed by atoms with Gasteiger partial charge in [-0.3, -0.25) is 14.6 Å². The van der Waals surface area contributed by atoms with Gasteiger partial charge in [0.2, 0.25) is 0 Å². The Labute approximate surface area is 169 Å². The van der Waals surface area contributed by atoms with E-state index in [4.69, 9.17) is 0 Å². The quantitative estimate of drug-likeness (QED) is 0.631. The SMILES string of the molecule is O=C(C[C@@]1(O)C(=O)N(CCCc2ccccc2)c2ccccc21)c1ccccn1. The van der Waals surface area contributed by atoms with E-state index in [2.05, 4.69) is 17.1 Å². The van der Waals surface area contributed by atoms with Crippen molar-refractivity contribution < 1.29 is 14.7 Å². The molecule has 0 spiro atoms. The highest BCUT2D eigenvalue weighted by Gasteiger charge is 2.50. The molecule has 1 atom stereocenters. The summed E-state index contributed by atoms with van der Waals surface area (Å²) < 4.78 is 0. The first-order chi connectivity index (χ1) is 14.1. The van der Waals surface area contributed by atoms with Crippen LogP contribution in [0, 0.1) is 0 Å². The summed E-state index contributed by atoms with van der Waals surface area (Å²) in [5.41, 5.74) is 0.732. The van der Waals surface area contributed by atoms with E-state index in [1.165, 1.54) is 11.8 Å². The molecule has 0 radical (unpaired) electrons. The zero-order chi connectivity index (χ0) is 20.3. The summed E-state index contributed by atoms with van der Waals surface area (Å²) in [4.78, 5) is 31.5. The molecule has 3 aromatic rings. The molecule has 2 heterocycles. The van der Waals surface area contributed by atoms with Crippen molar-refractivity contribution in [3.05, 3.63) is 95.8 Å². The normalized spacial score (nSPS) is 18.0. The van der Waals surface area contributed by atoms with Crippen LogP contribution in [0.1, 0.15) is 34.5 Å². The van der Waals surface area contributed by atoms with Crippen molar-refractivity contribution in [3.63, 3.8) is 0 Å². The van der Waals surface area contributed by atoms with Gasteiger partial charge in [0.1, 0.15) is 5.69 Å². The summed E-state index contributed by atoms with van der Waals surface area (Å²) in [5.74, 6) is -0.807. The lowest BCUT2D eigenvalue weighted by molar-refractivity contribution is -0.135. The molecule has 5 heteroatoms. The van der Waals surface area contributed by atoms with E-state index in [0.29, 0.717) is 17.8 Å². The van der Waals surface area contributed by atoms with Crippen LogP contribution >= 0.6 is 0 Å². The highest BCUT2D eigenvalue weighted by atomic mass is 16.3. The second kappa shape index (κ2) is 7.97. The number of aromatic nitrogens is 1. The molecule has 1 aromatic heterocycles. The van der Waals surface area contributed by atoms with E-state index in [1.807, 2.05) is 30.3 Å². The fourth-order valence-corrected chi connectivity index (χ4v) is 3.84. The van der Waals surface area contributed by atoms with E-state index in [-0.39, 0.29) is 17.9 Å². The average molecular weight is 386 g/mol. The van der Waals surface area contributed by atoms with Gasteiger partial charge in [-0.2, -0.15) is 0 Å². The van der Waals surface area contributed by atoms with Gasteiger partial charge in [0.05, 0.1) is 12.1 Å². The minimum absolute atomic E-state index is 0.244. The first kappa shape index (κ1) is 19.0. The van der Waals surface area contributed by atoms with Gasteiger partial charge in [-0.15, -0.1) is 0 Å². The number of para-hydroxylation sites is 1. The summed E-state index contributed by atoms with van der Waals surface area (Å²) in [6.07, 6.45) is 2.79. The fourth-order valence-electron chi connectivity index (χ4n) is 3.84. The number of hydrogen-bond acceptors (Lipinski definition) is 4. The molecule has 0 fully saturated rings. The molecule has 29 heavy (non-hydrogen) atoms. The number of carbonyl (C=O) groups is 2. The van der Waals surface area contributed by atoms with Crippen LogP contribution in [0.2, 0.25) is 0 Å². The Hall–Kier alpha value is -3.31. The third-order valence-electron chi connectivity index (χ3n) is 5.30. The average Bonchev–Trinajstić information content (AvgIpc) is 2.97. The number of aryl methyl sites for hydroxylation is 1. The molecule has 2 aromatic carbocycles. The van der Waals surface area contributed by atoms with Crippen LogP contribution in [0.5, 0.6) is 0 Å². The number of pyridine rings is 1. The van der Waals surface area contributed by atoms with Crippen LogP contribution in [0.4, 0.5) is 5.69 Å². The standard InChI is InChI=1S/C24H22N2O3/c27-22(20-13-6-7-15-25-20)17-24(29)19-12-4-5-14-21(19)26(23(24)28)16-8-11-18-9-2-1-3-10-18/h1-7,9-10,12-15,29H,8,11,16-17H2/t24-/m0/s1. The molecule has 1 amide bonds. The third kappa shape index (κ3) is 3.69. The van der Waals surface area contributed by atoms with Crippen molar-refractivity contribution >= 4 is 17.4 Å². The van der Waals surface area contributed by atoms with Crippen LogP contribution in [0.3, 0.4) is 0 Å². The molecule has 1 N–H and O–H groups in total. The molecular weight excluding hydrogens is 364 g/mol. The largest absolute Gasteiger partial charge is 0.375 e. The number of benzene rings is 2. The summed E-state index contributed by atoms with van der Waals surface area (Å²) in [6.45, 7) is 0.477. The Kier molecular flexibility index (Phi) is 5.23. The Morgan fingerprint density at radius 3 is 2.45 bits per heavy atom. The summed E-state index contributed by atoms with van der Waals surface area (Å²) in [6, 6.07) is 22.2. The van der Waals surface area contributed by atoms with Crippen molar-refractivity contribution in [2.45, 2.75) is 24.9 Å². The number of carbonyl (C=O) groups excluding carboxylic acids is 2. The lowest BCUT2D eigenvalue weighted by atomic mass is 9.89. The van der Waals surface area contributed by atoms with Gasteiger partial charge in [0.25, 0.3) is 5.91 Å². The number of ketones is 1. The molecule has 5 nitrogen and oxygen atoms in total. The lowest BCUT2D eigenvalue weighted by Crippen LogP contribution is -2.42. The van der Waals surface area contributed by atoms with Gasteiger partial charge in [0.15, 0.2) is 11.4 Å². The van der Waals surface area contributed by atoms with Gasteiger partial charge in [-0.25, -0.2) is 0 Å². The van der Waals surface area contributed by atoms with Crippen LogP contribution in [-0.4, -0.2) is 28.3 Å². The van der Waals surface area contributed by atoms with Crippen LogP contribution < -0.4 is 4.90 Å². The van der Waals surface area contributed by atoms with Gasteiger partial charge in [0, 0.05) is 18.3 Å². The first-order valence-electron chi connectivity index (χ1n) is 9.71. The van der Waals surface area contributed by atoms with E-state index in [9.17, 15) is 14.7 Å². The molecule has 4 rings (SSSR count). The van der Waals surface area contributed by atoms with Crippen molar-refractivity contribution in [2.75, 3.05) is 11.4 Å². The molecule has 0 saturated carbocycles. The van der Waals surface area contributed by atoms with Crippen molar-refractivity contribution in [2.24, 2.45) is 0 Å². The minimum Gasteiger partial charge on any atom is -0.375 e. The molecule has 146 valence electrons. The summed E-state index contributed by atoms with van der Waals surface area (Å²) in [7, 11) is 0. The van der Waals surface area contributed by atoms with E-state index in [0.717, 1.165) is 12.8 Å². The zero-order valence-corrected chi connectivity index (χ0v) is 16.0. The number of anilines is 1. The monoisotopic (exact) mass is 386 g/mol. The molecular formula is C24H22N2O3. The third-order valence-corrected chi connectivity index (χ3v) is 5.30. The van der Waals surface area contributed by atoms with Crippen LogP contribution in [0.15, 0.2) is 79.0 Å². The lowest BCUT2D eigenvalue weighted by Gasteiger charge is -2.22. The van der Waals surface area contributed by atoms with Gasteiger partial charge >= 0.3 is 0 Å². The summed E-state index contributed by atoms with van der Waals surface area (Å²) in [5, 5.41) is 11.3. The maximum atomic E-state index is 13.2. The number of fused-ring (bicyclic) bond motifs is 1. The Bertz CT molecular complexity index is 1020. The first-order valence-corrected chi connectivity index (χ1v) is 9.71. The maximum absolute atomic E-state index is 13.2. The summed E-state index contributed by atoms with van der Waals surface area (Å²) >= 11 is 0. The smallest absolute Gasteiger partial charge is 0.264 e. The van der Waals surface area contributed by atoms with E-state index in [1.54, 1.807) is 35.2 Å². The molecule has 1 aliphatic heterocycles. The second-order valence-electron chi connectivity index (χ2n) is 7.24. The second-order valence-corrected chi connectivity index (χ2v) is 7.24. The van der Waals surface area contributed by atoms with E-state index >= 15 is 0 Å². The number of amides is 1. The minimum atomic E-state index is -1.86. The van der Waals surface area contributed by atoms with Crippen LogP contribution in [0.25, 0.3) is 0 Å². The molecule has 0 saturated heterocycles. The highest BCUT2D eigenvalue weighted by molar-refractivity contribution is 6.10. The number of rotatable bonds is 7. The Balaban J connectivity index is 1.54. The number of aliphatic hydroxyl groups is 1. The van der Waals surface area contributed by atoms with Gasteiger partial charge < -0.3 is 10.0 Å². The number of nitrogens with zero attached hydrogens (tertiary/aromatic N) is 2. The van der Waals surface area contributed by atoms with Crippen molar-refractivity contribution in [3.8, 4) is 0 Å². The van der Waals surface area contributed by atoms with Crippen molar-refractivity contribution in [1.29, 1.82) is 0 Å². The fraction of sp³-hybridized carbons (Fsp3) is 0.208. The molecule has 1 aliphatic rings. The Morgan fingerprint density at radius 1 is 0.966 bits per heavy atom.